The highest BCUT2D eigenvalue weighted by Gasteiger charge is 2.23. The Bertz CT molecular complexity index is 792. The van der Waals surface area contributed by atoms with Gasteiger partial charge in [0.1, 0.15) is 5.75 Å². The number of piperazine rings is 1. The number of hydrogen-bond donors (Lipinski definition) is 2. The lowest BCUT2D eigenvalue weighted by atomic mass is 9.91. The van der Waals surface area contributed by atoms with Crippen molar-refractivity contribution in [2.75, 3.05) is 39.3 Å². The van der Waals surface area contributed by atoms with Gasteiger partial charge in [-0.3, -0.25) is 9.69 Å². The van der Waals surface area contributed by atoms with Crippen molar-refractivity contribution in [1.82, 2.24) is 15.1 Å². The Labute approximate surface area is 167 Å². The number of carbonyl (C=O) groups excluding carboxylic acids is 1. The van der Waals surface area contributed by atoms with E-state index in [4.69, 9.17) is 0 Å². The average molecular weight is 380 g/mol. The molecule has 0 spiro atoms. The highest BCUT2D eigenvalue weighted by molar-refractivity contribution is 5.94. The lowest BCUT2D eigenvalue weighted by Gasteiger charge is -2.35. The molecule has 5 heteroatoms. The van der Waals surface area contributed by atoms with E-state index in [1.165, 1.54) is 18.4 Å². The largest absolute Gasteiger partial charge is 0.508 e. The van der Waals surface area contributed by atoms with E-state index in [9.17, 15) is 9.90 Å². The molecule has 1 atom stereocenters. The minimum atomic E-state index is 0.130. The quantitative estimate of drug-likeness (QED) is 0.858. The number of piperidine rings is 1. The van der Waals surface area contributed by atoms with Crippen LogP contribution in [0.4, 0.5) is 0 Å². The topological polar surface area (TPSA) is 55.8 Å². The first-order chi connectivity index (χ1) is 13.7. The molecule has 0 saturated carbocycles. The van der Waals surface area contributed by atoms with Crippen LogP contribution in [0.15, 0.2) is 48.5 Å². The number of amides is 1. The number of phenols is 1. The van der Waals surface area contributed by atoms with Gasteiger partial charge in [0.2, 0.25) is 0 Å². The van der Waals surface area contributed by atoms with Crippen molar-refractivity contribution in [3.05, 3.63) is 65.2 Å². The van der Waals surface area contributed by atoms with Crippen LogP contribution >= 0.6 is 0 Å². The zero-order valence-corrected chi connectivity index (χ0v) is 16.3. The van der Waals surface area contributed by atoms with E-state index in [1.807, 2.05) is 29.2 Å². The summed E-state index contributed by atoms with van der Waals surface area (Å²) in [6.45, 7) is 6.15. The Hall–Kier alpha value is -2.37. The molecule has 2 fully saturated rings. The maximum Gasteiger partial charge on any atom is 0.253 e. The number of rotatable bonds is 4. The number of carbonyl (C=O) groups is 1. The maximum atomic E-state index is 12.9. The van der Waals surface area contributed by atoms with Gasteiger partial charge in [0.25, 0.3) is 5.91 Å². The fraction of sp³-hybridized carbons (Fsp3) is 0.435. The molecule has 2 saturated heterocycles. The first kappa shape index (κ1) is 19.0. The Morgan fingerprint density at radius 3 is 2.54 bits per heavy atom. The summed E-state index contributed by atoms with van der Waals surface area (Å²) in [5.41, 5.74) is 3.22. The summed E-state index contributed by atoms with van der Waals surface area (Å²) in [4.78, 5) is 17.1. The molecular weight excluding hydrogens is 350 g/mol. The predicted molar refractivity (Wildman–Crippen MR) is 111 cm³/mol. The maximum absolute atomic E-state index is 12.9. The number of aromatic hydroxyl groups is 1. The molecule has 1 unspecified atom stereocenters. The Morgan fingerprint density at radius 2 is 1.86 bits per heavy atom. The molecule has 0 aromatic heterocycles. The molecule has 0 aliphatic carbocycles. The average Bonchev–Trinajstić information content (AvgIpc) is 2.75. The van der Waals surface area contributed by atoms with Gasteiger partial charge in [-0.2, -0.15) is 0 Å². The van der Waals surface area contributed by atoms with Gasteiger partial charge in [0, 0.05) is 44.8 Å². The second kappa shape index (κ2) is 8.76. The summed E-state index contributed by atoms with van der Waals surface area (Å²) in [5.74, 6) is 1.00. The van der Waals surface area contributed by atoms with Crippen molar-refractivity contribution in [2.24, 2.45) is 0 Å². The summed E-state index contributed by atoms with van der Waals surface area (Å²) in [5, 5.41) is 13.1. The van der Waals surface area contributed by atoms with Crippen molar-refractivity contribution in [3.63, 3.8) is 0 Å². The monoisotopic (exact) mass is 379 g/mol. The van der Waals surface area contributed by atoms with Crippen LogP contribution in [0.3, 0.4) is 0 Å². The summed E-state index contributed by atoms with van der Waals surface area (Å²) in [7, 11) is 0. The molecular formula is C23H29N3O2. The van der Waals surface area contributed by atoms with Crippen LogP contribution in [-0.2, 0) is 6.54 Å². The third kappa shape index (κ3) is 4.54. The summed E-state index contributed by atoms with van der Waals surface area (Å²) in [6, 6.07) is 15.6. The van der Waals surface area contributed by atoms with E-state index in [0.29, 0.717) is 11.7 Å². The normalized spacial score (nSPS) is 20.9. The van der Waals surface area contributed by atoms with Crippen LogP contribution in [0.1, 0.15) is 40.2 Å². The molecule has 2 aliphatic heterocycles. The van der Waals surface area contributed by atoms with Crippen LogP contribution in [0.2, 0.25) is 0 Å². The number of hydrogen-bond acceptors (Lipinski definition) is 4. The summed E-state index contributed by atoms with van der Waals surface area (Å²) < 4.78 is 0. The lowest BCUT2D eigenvalue weighted by Crippen LogP contribution is -2.48. The molecule has 2 heterocycles. The third-order valence-electron chi connectivity index (χ3n) is 5.90. The van der Waals surface area contributed by atoms with Crippen molar-refractivity contribution in [1.29, 1.82) is 0 Å². The van der Waals surface area contributed by atoms with Gasteiger partial charge in [0.15, 0.2) is 0 Å². The molecule has 2 N–H and O–H groups in total. The molecule has 0 bridgehead atoms. The number of nitrogens with zero attached hydrogens (tertiary/aromatic N) is 2. The van der Waals surface area contributed by atoms with Crippen LogP contribution in [0.25, 0.3) is 0 Å². The first-order valence-electron chi connectivity index (χ1n) is 10.3. The number of benzene rings is 2. The molecule has 4 rings (SSSR count). The van der Waals surface area contributed by atoms with Crippen LogP contribution in [-0.4, -0.2) is 60.1 Å². The van der Waals surface area contributed by atoms with Crippen LogP contribution < -0.4 is 5.32 Å². The molecule has 2 aromatic rings. The SMILES string of the molecule is O=C(c1ccc(C2CCCNC2)cc1)N1CCN(Cc2cccc(O)c2)CC1. The van der Waals surface area contributed by atoms with Crippen molar-refractivity contribution in [2.45, 2.75) is 25.3 Å². The van der Waals surface area contributed by atoms with E-state index in [2.05, 4.69) is 22.3 Å². The van der Waals surface area contributed by atoms with Gasteiger partial charge in [0.05, 0.1) is 0 Å². The Balaban J connectivity index is 1.31. The van der Waals surface area contributed by atoms with Gasteiger partial charge < -0.3 is 15.3 Å². The van der Waals surface area contributed by atoms with Gasteiger partial charge in [-0.05, 0) is 60.7 Å². The van der Waals surface area contributed by atoms with Crippen molar-refractivity contribution in [3.8, 4) is 5.75 Å². The smallest absolute Gasteiger partial charge is 0.253 e. The third-order valence-corrected chi connectivity index (χ3v) is 5.90. The van der Waals surface area contributed by atoms with Crippen molar-refractivity contribution < 1.29 is 9.90 Å². The standard InChI is InChI=1S/C23H29N3O2/c27-22-5-1-3-18(15-22)17-25-11-13-26(14-12-25)23(28)20-8-6-19(7-9-20)21-4-2-10-24-16-21/h1,3,5-9,15,21,24,27H,2,4,10-14,16-17H2. The minimum absolute atomic E-state index is 0.130. The summed E-state index contributed by atoms with van der Waals surface area (Å²) in [6.07, 6.45) is 2.44. The lowest BCUT2D eigenvalue weighted by molar-refractivity contribution is 0.0628. The van der Waals surface area contributed by atoms with Crippen LogP contribution in [0.5, 0.6) is 5.75 Å². The minimum Gasteiger partial charge on any atom is -0.508 e. The van der Waals surface area contributed by atoms with E-state index in [1.54, 1.807) is 12.1 Å². The highest BCUT2D eigenvalue weighted by atomic mass is 16.3. The molecule has 28 heavy (non-hydrogen) atoms. The molecule has 2 aliphatic rings. The molecule has 2 aromatic carbocycles. The Morgan fingerprint density at radius 1 is 1.07 bits per heavy atom. The fourth-order valence-corrected chi connectivity index (χ4v) is 4.24. The van der Waals surface area contributed by atoms with Crippen LogP contribution in [0, 0.1) is 0 Å². The number of phenolic OH excluding ortho intramolecular Hbond substituents is 1. The molecule has 1 amide bonds. The molecule has 0 radical (unpaired) electrons. The van der Waals surface area contributed by atoms with Gasteiger partial charge in [-0.25, -0.2) is 0 Å². The zero-order chi connectivity index (χ0) is 19.3. The van der Waals surface area contributed by atoms with Gasteiger partial charge in [-0.1, -0.05) is 24.3 Å². The fourth-order valence-electron chi connectivity index (χ4n) is 4.24. The molecule has 5 nitrogen and oxygen atoms in total. The van der Waals surface area contributed by atoms with E-state index < -0.39 is 0 Å². The van der Waals surface area contributed by atoms with Gasteiger partial charge in [-0.15, -0.1) is 0 Å². The zero-order valence-electron chi connectivity index (χ0n) is 16.3. The molecule has 148 valence electrons. The van der Waals surface area contributed by atoms with Crippen molar-refractivity contribution >= 4 is 5.91 Å². The number of nitrogens with one attached hydrogen (secondary N) is 1. The summed E-state index contributed by atoms with van der Waals surface area (Å²) >= 11 is 0. The van der Waals surface area contributed by atoms with E-state index in [0.717, 1.165) is 56.9 Å². The Kier molecular flexibility index (Phi) is 5.93. The predicted octanol–water partition coefficient (Wildman–Crippen LogP) is 2.82. The van der Waals surface area contributed by atoms with E-state index in [-0.39, 0.29) is 5.91 Å². The second-order valence-electron chi connectivity index (χ2n) is 7.90. The van der Waals surface area contributed by atoms with E-state index >= 15 is 0 Å². The second-order valence-corrected chi connectivity index (χ2v) is 7.90. The van der Waals surface area contributed by atoms with Gasteiger partial charge >= 0.3 is 0 Å². The first-order valence-corrected chi connectivity index (χ1v) is 10.3. The highest BCUT2D eigenvalue weighted by Crippen LogP contribution is 2.24.